The van der Waals surface area contributed by atoms with Gasteiger partial charge in [-0.2, -0.15) is 0 Å². The lowest BCUT2D eigenvalue weighted by Crippen LogP contribution is -2.49. The molecule has 4 nitrogen and oxygen atoms in total. The van der Waals surface area contributed by atoms with Crippen molar-refractivity contribution >= 4 is 5.91 Å². The number of carbonyl (C=O) groups is 1. The van der Waals surface area contributed by atoms with Crippen molar-refractivity contribution < 1.29 is 9.90 Å². The van der Waals surface area contributed by atoms with Crippen molar-refractivity contribution in [2.75, 3.05) is 26.2 Å². The summed E-state index contributed by atoms with van der Waals surface area (Å²) >= 11 is 0. The van der Waals surface area contributed by atoms with Gasteiger partial charge < -0.3 is 10.4 Å². The number of nitrogens with zero attached hydrogens (tertiary/aromatic N) is 1. The summed E-state index contributed by atoms with van der Waals surface area (Å²) in [6.45, 7) is 4.64. The molecular weight excluding hydrogens is 264 g/mol. The van der Waals surface area contributed by atoms with Gasteiger partial charge >= 0.3 is 0 Å². The predicted molar refractivity (Wildman–Crippen MR) is 85.1 cm³/mol. The summed E-state index contributed by atoms with van der Waals surface area (Å²) in [5.74, 6) is 0.169. The molecule has 2 rings (SSSR count). The van der Waals surface area contributed by atoms with Crippen LogP contribution in [0.5, 0.6) is 0 Å². The lowest BCUT2D eigenvalue weighted by Gasteiger charge is -2.39. The third-order valence-electron chi connectivity index (χ3n) is 5.08. The molecule has 4 heteroatoms. The number of hydrogen-bond donors (Lipinski definition) is 2. The van der Waals surface area contributed by atoms with Gasteiger partial charge in [-0.25, -0.2) is 0 Å². The van der Waals surface area contributed by atoms with Crippen molar-refractivity contribution in [1.82, 2.24) is 10.2 Å². The third-order valence-corrected chi connectivity index (χ3v) is 5.08. The fourth-order valence-corrected chi connectivity index (χ4v) is 3.77. The average Bonchev–Trinajstić information content (AvgIpc) is 2.42. The molecule has 0 bridgehead atoms. The average molecular weight is 296 g/mol. The summed E-state index contributed by atoms with van der Waals surface area (Å²) in [4.78, 5) is 14.5. The van der Waals surface area contributed by atoms with E-state index in [-0.39, 0.29) is 17.9 Å². The molecule has 1 atom stereocenters. The minimum absolute atomic E-state index is 0.0290. The van der Waals surface area contributed by atoms with Gasteiger partial charge in [0.15, 0.2) is 0 Å². The number of hydrogen-bond acceptors (Lipinski definition) is 3. The Hall–Kier alpha value is -0.610. The van der Waals surface area contributed by atoms with Crippen LogP contribution in [0.3, 0.4) is 0 Å². The SMILES string of the molecule is CC1(CO)CCCN(CC(=O)NC2CCCCCCC2)C1. The zero-order chi connectivity index (χ0) is 15.1. The van der Waals surface area contributed by atoms with Gasteiger partial charge in [-0.1, -0.05) is 39.0 Å². The Bertz CT molecular complexity index is 327. The maximum absolute atomic E-state index is 12.3. The van der Waals surface area contributed by atoms with Crippen LogP contribution in [-0.4, -0.2) is 48.2 Å². The highest BCUT2D eigenvalue weighted by molar-refractivity contribution is 5.78. The van der Waals surface area contributed by atoms with Crippen LogP contribution in [0, 0.1) is 5.41 Å². The summed E-state index contributed by atoms with van der Waals surface area (Å²) in [6, 6.07) is 0.381. The molecule has 0 aromatic carbocycles. The first-order valence-corrected chi connectivity index (χ1v) is 8.74. The number of likely N-dealkylation sites (tertiary alicyclic amines) is 1. The van der Waals surface area contributed by atoms with Crippen LogP contribution in [-0.2, 0) is 4.79 Å². The van der Waals surface area contributed by atoms with Crippen LogP contribution in [0.1, 0.15) is 64.7 Å². The molecule has 2 aliphatic rings. The van der Waals surface area contributed by atoms with E-state index < -0.39 is 0 Å². The van der Waals surface area contributed by atoms with Crippen LogP contribution in [0.15, 0.2) is 0 Å². The van der Waals surface area contributed by atoms with Crippen molar-refractivity contribution in [2.45, 2.75) is 70.8 Å². The maximum Gasteiger partial charge on any atom is 0.234 e. The summed E-state index contributed by atoms with van der Waals surface area (Å²) in [5.41, 5.74) is -0.0290. The Kier molecular flexibility index (Phi) is 6.49. The molecule has 1 heterocycles. The monoisotopic (exact) mass is 296 g/mol. The van der Waals surface area contributed by atoms with Crippen LogP contribution in [0.25, 0.3) is 0 Å². The number of piperidine rings is 1. The van der Waals surface area contributed by atoms with Crippen molar-refractivity contribution in [3.63, 3.8) is 0 Å². The first-order valence-electron chi connectivity index (χ1n) is 8.74. The molecule has 1 aliphatic heterocycles. The molecule has 122 valence electrons. The van der Waals surface area contributed by atoms with Gasteiger partial charge in [0.2, 0.25) is 5.91 Å². The topological polar surface area (TPSA) is 52.6 Å². The molecule has 1 amide bonds. The fourth-order valence-electron chi connectivity index (χ4n) is 3.77. The Morgan fingerprint density at radius 2 is 1.86 bits per heavy atom. The van der Waals surface area contributed by atoms with E-state index in [4.69, 9.17) is 0 Å². The van der Waals surface area contributed by atoms with Gasteiger partial charge in [-0.3, -0.25) is 9.69 Å². The highest BCUT2D eigenvalue weighted by Gasteiger charge is 2.31. The summed E-state index contributed by atoms with van der Waals surface area (Å²) in [5, 5.41) is 12.7. The largest absolute Gasteiger partial charge is 0.396 e. The standard InChI is InChI=1S/C17H32N2O2/c1-17(14-20)10-7-11-19(13-17)12-16(21)18-15-8-5-3-2-4-6-9-15/h15,20H,2-14H2,1H3,(H,18,21). The van der Waals surface area contributed by atoms with Crippen LogP contribution in [0.2, 0.25) is 0 Å². The summed E-state index contributed by atoms with van der Waals surface area (Å²) in [6.07, 6.45) is 10.9. The third kappa shape index (κ3) is 5.59. The molecule has 1 unspecified atom stereocenters. The van der Waals surface area contributed by atoms with Gasteiger partial charge in [0.05, 0.1) is 6.54 Å². The van der Waals surface area contributed by atoms with Crippen LogP contribution in [0.4, 0.5) is 0 Å². The summed E-state index contributed by atoms with van der Waals surface area (Å²) in [7, 11) is 0. The normalized spacial score (nSPS) is 29.6. The molecule has 0 spiro atoms. The van der Waals surface area contributed by atoms with Gasteiger partial charge in [-0.05, 0) is 32.2 Å². The highest BCUT2D eigenvalue weighted by atomic mass is 16.3. The lowest BCUT2D eigenvalue weighted by atomic mass is 9.83. The highest BCUT2D eigenvalue weighted by Crippen LogP contribution is 2.28. The Morgan fingerprint density at radius 1 is 1.19 bits per heavy atom. The van der Waals surface area contributed by atoms with Crippen molar-refractivity contribution in [3.05, 3.63) is 0 Å². The van der Waals surface area contributed by atoms with Crippen molar-refractivity contribution in [3.8, 4) is 0 Å². The molecule has 2 N–H and O–H groups in total. The first-order chi connectivity index (χ1) is 10.1. The second-order valence-electron chi connectivity index (χ2n) is 7.39. The molecule has 2 fully saturated rings. The molecule has 0 aromatic rings. The van der Waals surface area contributed by atoms with Gasteiger partial charge in [0.25, 0.3) is 0 Å². The van der Waals surface area contributed by atoms with E-state index in [1.54, 1.807) is 0 Å². The van der Waals surface area contributed by atoms with Gasteiger partial charge in [0, 0.05) is 24.6 Å². The van der Waals surface area contributed by atoms with Crippen molar-refractivity contribution in [1.29, 1.82) is 0 Å². The van der Waals surface area contributed by atoms with Gasteiger partial charge in [-0.15, -0.1) is 0 Å². The van der Waals surface area contributed by atoms with Crippen LogP contribution >= 0.6 is 0 Å². The molecule has 1 saturated heterocycles. The minimum atomic E-state index is -0.0290. The Morgan fingerprint density at radius 3 is 2.52 bits per heavy atom. The van der Waals surface area contributed by atoms with E-state index in [0.29, 0.717) is 12.6 Å². The van der Waals surface area contributed by atoms with E-state index in [2.05, 4.69) is 17.1 Å². The molecule has 21 heavy (non-hydrogen) atoms. The number of aliphatic hydroxyl groups excluding tert-OH is 1. The number of nitrogens with one attached hydrogen (secondary N) is 1. The van der Waals surface area contributed by atoms with E-state index >= 15 is 0 Å². The van der Waals surface area contributed by atoms with E-state index in [9.17, 15) is 9.90 Å². The smallest absolute Gasteiger partial charge is 0.234 e. The Labute approximate surface area is 129 Å². The minimum Gasteiger partial charge on any atom is -0.396 e. The zero-order valence-corrected chi connectivity index (χ0v) is 13.6. The van der Waals surface area contributed by atoms with E-state index in [0.717, 1.165) is 38.8 Å². The number of aliphatic hydroxyl groups is 1. The molecule has 1 saturated carbocycles. The quantitative estimate of drug-likeness (QED) is 0.837. The van der Waals surface area contributed by atoms with E-state index in [1.807, 2.05) is 0 Å². The van der Waals surface area contributed by atoms with Crippen molar-refractivity contribution in [2.24, 2.45) is 5.41 Å². The van der Waals surface area contributed by atoms with E-state index in [1.165, 1.54) is 32.1 Å². The summed E-state index contributed by atoms with van der Waals surface area (Å²) < 4.78 is 0. The van der Waals surface area contributed by atoms with Crippen LogP contribution < -0.4 is 5.32 Å². The number of amides is 1. The fraction of sp³-hybridized carbons (Fsp3) is 0.941. The first kappa shape index (κ1) is 16.8. The number of rotatable bonds is 4. The molecular formula is C17H32N2O2. The maximum atomic E-state index is 12.3. The van der Waals surface area contributed by atoms with Gasteiger partial charge in [0.1, 0.15) is 0 Å². The predicted octanol–water partition coefficient (Wildman–Crippen LogP) is 2.31. The Balaban J connectivity index is 1.75. The second-order valence-corrected chi connectivity index (χ2v) is 7.39. The second kappa shape index (κ2) is 8.14. The molecule has 0 aromatic heterocycles. The molecule has 1 aliphatic carbocycles. The lowest BCUT2D eigenvalue weighted by molar-refractivity contribution is -0.124. The molecule has 0 radical (unpaired) electrons. The zero-order valence-electron chi connectivity index (χ0n) is 13.6. The number of carbonyl (C=O) groups excluding carboxylic acids is 1.